The standard InChI is InChI=1S/C19H23N9O4/c1-10(2)15(17(31)32-4)22-16(30)13(21-11(3)29)9-19(24-25-20)12-7-5-6-8-14(12)28-18(19)23-26-27-28/h5-8,10,13,15H,9H2,1-4H3,(H,21,29)(H,22,30)/t13-,15-,19?/m0/s1. The molecule has 0 spiro atoms. The number of fused-ring (bicyclic) bond motifs is 3. The maximum Gasteiger partial charge on any atom is 0.328 e. The Labute approximate surface area is 183 Å². The van der Waals surface area contributed by atoms with Gasteiger partial charge in [0.25, 0.3) is 0 Å². The lowest BCUT2D eigenvalue weighted by Gasteiger charge is -2.29. The lowest BCUT2D eigenvalue weighted by atomic mass is 9.84. The average molecular weight is 441 g/mol. The molecule has 2 N–H and O–H groups in total. The molecule has 13 nitrogen and oxygen atoms in total. The van der Waals surface area contributed by atoms with Crippen LogP contribution in [-0.4, -0.2) is 57.2 Å². The molecule has 2 aromatic rings. The first kappa shape index (κ1) is 22.7. The number of ether oxygens (including phenoxy) is 1. The predicted octanol–water partition coefficient (Wildman–Crippen LogP) is 0.738. The molecule has 0 saturated carbocycles. The van der Waals surface area contributed by atoms with Gasteiger partial charge in [-0.3, -0.25) is 9.59 Å². The Morgan fingerprint density at radius 1 is 1.28 bits per heavy atom. The van der Waals surface area contributed by atoms with E-state index in [9.17, 15) is 19.9 Å². The third-order valence-corrected chi connectivity index (χ3v) is 5.25. The van der Waals surface area contributed by atoms with Crippen molar-refractivity contribution in [2.24, 2.45) is 11.0 Å². The normalized spacial score (nSPS) is 18.0. The average Bonchev–Trinajstić information content (AvgIpc) is 3.33. The minimum absolute atomic E-state index is 0.175. The fourth-order valence-electron chi connectivity index (χ4n) is 3.78. The van der Waals surface area contributed by atoms with Gasteiger partial charge in [0, 0.05) is 11.8 Å². The van der Waals surface area contributed by atoms with Crippen LogP contribution in [0.15, 0.2) is 29.4 Å². The summed E-state index contributed by atoms with van der Waals surface area (Å²) in [4.78, 5) is 40.2. The highest BCUT2D eigenvalue weighted by atomic mass is 16.5. The minimum atomic E-state index is -1.46. The molecule has 1 aliphatic rings. The summed E-state index contributed by atoms with van der Waals surface area (Å²) in [7, 11) is 1.22. The smallest absolute Gasteiger partial charge is 0.328 e. The van der Waals surface area contributed by atoms with Gasteiger partial charge in [0.1, 0.15) is 17.6 Å². The van der Waals surface area contributed by atoms with E-state index in [0.29, 0.717) is 11.3 Å². The van der Waals surface area contributed by atoms with Crippen molar-refractivity contribution < 1.29 is 19.1 Å². The number of nitrogens with one attached hydrogen (secondary N) is 2. The summed E-state index contributed by atoms with van der Waals surface area (Å²) >= 11 is 0. The molecule has 2 amide bonds. The number of carbonyl (C=O) groups excluding carboxylic acids is 3. The molecule has 0 saturated heterocycles. The second-order valence-corrected chi connectivity index (χ2v) is 7.69. The number of aromatic nitrogens is 4. The fraction of sp³-hybridized carbons (Fsp3) is 0.474. The van der Waals surface area contributed by atoms with E-state index < -0.39 is 35.4 Å². The monoisotopic (exact) mass is 441 g/mol. The number of nitrogens with zero attached hydrogens (tertiary/aromatic N) is 7. The Morgan fingerprint density at radius 3 is 2.62 bits per heavy atom. The molecule has 0 aliphatic carbocycles. The number of rotatable bonds is 8. The van der Waals surface area contributed by atoms with Crippen LogP contribution in [0.1, 0.15) is 38.6 Å². The van der Waals surface area contributed by atoms with Crippen molar-refractivity contribution in [3.8, 4) is 5.69 Å². The van der Waals surface area contributed by atoms with E-state index >= 15 is 0 Å². The molecule has 0 fully saturated rings. The number of carbonyl (C=O) groups is 3. The maximum absolute atomic E-state index is 13.2. The maximum atomic E-state index is 13.2. The van der Waals surface area contributed by atoms with Crippen molar-refractivity contribution in [1.29, 1.82) is 0 Å². The number of para-hydroxylation sites is 1. The summed E-state index contributed by atoms with van der Waals surface area (Å²) in [5.41, 5.74) is 9.06. The Bertz CT molecular complexity index is 1090. The summed E-state index contributed by atoms with van der Waals surface area (Å²) in [6.07, 6.45) is -0.175. The predicted molar refractivity (Wildman–Crippen MR) is 110 cm³/mol. The zero-order chi connectivity index (χ0) is 23.5. The quantitative estimate of drug-likeness (QED) is 0.262. The van der Waals surface area contributed by atoms with Crippen LogP contribution < -0.4 is 10.6 Å². The van der Waals surface area contributed by atoms with E-state index in [0.717, 1.165) is 0 Å². The molecule has 0 radical (unpaired) electrons. The van der Waals surface area contributed by atoms with Crippen molar-refractivity contribution in [3.05, 3.63) is 46.1 Å². The van der Waals surface area contributed by atoms with Gasteiger partial charge in [0.05, 0.1) is 12.8 Å². The molecule has 32 heavy (non-hydrogen) atoms. The van der Waals surface area contributed by atoms with Crippen molar-refractivity contribution in [1.82, 2.24) is 30.8 Å². The van der Waals surface area contributed by atoms with Crippen LogP contribution >= 0.6 is 0 Å². The number of azide groups is 1. The molecule has 1 aliphatic heterocycles. The van der Waals surface area contributed by atoms with E-state index in [1.54, 1.807) is 38.1 Å². The number of benzene rings is 1. The number of esters is 1. The largest absolute Gasteiger partial charge is 0.467 e. The van der Waals surface area contributed by atoms with Crippen molar-refractivity contribution in [3.63, 3.8) is 0 Å². The number of hydrogen-bond donors (Lipinski definition) is 2. The van der Waals surface area contributed by atoms with Crippen LogP contribution in [0, 0.1) is 5.92 Å². The second-order valence-electron chi connectivity index (χ2n) is 7.69. The molecule has 3 rings (SSSR count). The molecule has 0 bridgehead atoms. The molecule has 3 atom stereocenters. The number of methoxy groups -OCH3 is 1. The van der Waals surface area contributed by atoms with Crippen LogP contribution in [0.4, 0.5) is 0 Å². The van der Waals surface area contributed by atoms with Gasteiger partial charge < -0.3 is 15.4 Å². The van der Waals surface area contributed by atoms with Crippen molar-refractivity contribution in [2.45, 2.75) is 44.8 Å². The zero-order valence-electron chi connectivity index (χ0n) is 18.0. The first-order valence-electron chi connectivity index (χ1n) is 9.85. The summed E-state index contributed by atoms with van der Waals surface area (Å²) < 4.78 is 6.20. The Morgan fingerprint density at radius 2 is 2.00 bits per heavy atom. The minimum Gasteiger partial charge on any atom is -0.467 e. The van der Waals surface area contributed by atoms with E-state index in [2.05, 4.69) is 36.2 Å². The number of tetrazole rings is 1. The number of hydrogen-bond acceptors (Lipinski definition) is 8. The van der Waals surface area contributed by atoms with Crippen LogP contribution in [0.3, 0.4) is 0 Å². The van der Waals surface area contributed by atoms with Gasteiger partial charge in [0.2, 0.25) is 11.8 Å². The van der Waals surface area contributed by atoms with E-state index in [-0.39, 0.29) is 18.2 Å². The zero-order valence-corrected chi connectivity index (χ0v) is 18.0. The second kappa shape index (κ2) is 9.02. The fourth-order valence-corrected chi connectivity index (χ4v) is 3.78. The molecule has 13 heteroatoms. The Hall–Kier alpha value is -3.99. The van der Waals surface area contributed by atoms with E-state index in [4.69, 9.17) is 4.74 Å². The third-order valence-electron chi connectivity index (χ3n) is 5.25. The van der Waals surface area contributed by atoms with Crippen LogP contribution in [0.5, 0.6) is 0 Å². The highest BCUT2D eigenvalue weighted by Crippen LogP contribution is 2.45. The summed E-state index contributed by atoms with van der Waals surface area (Å²) in [5.74, 6) is -1.79. The molecule has 1 unspecified atom stereocenters. The van der Waals surface area contributed by atoms with E-state index in [1.165, 1.54) is 18.7 Å². The summed E-state index contributed by atoms with van der Waals surface area (Å²) in [6, 6.07) is 4.91. The van der Waals surface area contributed by atoms with Gasteiger partial charge in [-0.15, -0.1) is 5.10 Å². The van der Waals surface area contributed by atoms with Crippen molar-refractivity contribution >= 4 is 17.8 Å². The molecule has 1 aromatic carbocycles. The van der Waals surface area contributed by atoms with Gasteiger partial charge in [-0.25, -0.2) is 4.79 Å². The van der Waals surface area contributed by atoms with Gasteiger partial charge in [0.15, 0.2) is 5.82 Å². The first-order valence-corrected chi connectivity index (χ1v) is 9.85. The van der Waals surface area contributed by atoms with Crippen LogP contribution in [-0.2, 0) is 24.7 Å². The van der Waals surface area contributed by atoms with Gasteiger partial charge >= 0.3 is 5.97 Å². The van der Waals surface area contributed by atoms with E-state index in [1.807, 2.05) is 0 Å². The Kier molecular flexibility index (Phi) is 6.40. The summed E-state index contributed by atoms with van der Waals surface area (Å²) in [6.45, 7) is 4.75. The highest BCUT2D eigenvalue weighted by molar-refractivity contribution is 5.90. The lowest BCUT2D eigenvalue weighted by Crippen LogP contribution is -2.54. The number of amides is 2. The van der Waals surface area contributed by atoms with Crippen LogP contribution in [0.25, 0.3) is 16.1 Å². The molecular weight excluding hydrogens is 418 g/mol. The topological polar surface area (TPSA) is 177 Å². The molecule has 1 aromatic heterocycles. The molecule has 2 heterocycles. The first-order chi connectivity index (χ1) is 15.2. The van der Waals surface area contributed by atoms with Gasteiger partial charge in [-0.2, -0.15) is 4.68 Å². The third kappa shape index (κ3) is 3.97. The Balaban J connectivity index is 2.04. The SMILES string of the molecule is COC(=O)[C@@H](NC(=O)[C@H](CC1(N=[N+]=[N-])c2ccccc2-n2nnnc21)NC(C)=O)C(C)C. The van der Waals surface area contributed by atoms with Crippen LogP contribution in [0.2, 0.25) is 0 Å². The highest BCUT2D eigenvalue weighted by Gasteiger charge is 2.49. The lowest BCUT2D eigenvalue weighted by molar-refractivity contribution is -0.146. The van der Waals surface area contributed by atoms with Crippen molar-refractivity contribution in [2.75, 3.05) is 7.11 Å². The molecule has 168 valence electrons. The van der Waals surface area contributed by atoms with Gasteiger partial charge in [-0.1, -0.05) is 37.2 Å². The molecular formula is C19H23N9O4. The summed E-state index contributed by atoms with van der Waals surface area (Å²) in [5, 5.41) is 20.9. The van der Waals surface area contributed by atoms with Gasteiger partial charge in [-0.05, 0) is 39.9 Å².